The second kappa shape index (κ2) is 5.73. The summed E-state index contributed by atoms with van der Waals surface area (Å²) in [7, 11) is 3.78. The van der Waals surface area contributed by atoms with Crippen LogP contribution in [0.25, 0.3) is 11.3 Å². The van der Waals surface area contributed by atoms with Gasteiger partial charge in [0.2, 0.25) is 0 Å². The van der Waals surface area contributed by atoms with Crippen molar-refractivity contribution in [3.05, 3.63) is 34.4 Å². The molecule has 7 heteroatoms. The van der Waals surface area contributed by atoms with Crippen LogP contribution in [-0.4, -0.2) is 52.0 Å². The number of ether oxygens (including phenoxy) is 1. The number of nitrogens with zero attached hydrogens (tertiary/aromatic N) is 3. The van der Waals surface area contributed by atoms with Gasteiger partial charge in [-0.05, 0) is 47.2 Å². The van der Waals surface area contributed by atoms with E-state index < -0.39 is 5.97 Å². The van der Waals surface area contributed by atoms with Crippen molar-refractivity contribution in [1.29, 1.82) is 0 Å². The van der Waals surface area contributed by atoms with Gasteiger partial charge in [-0.2, -0.15) is 5.10 Å². The van der Waals surface area contributed by atoms with Crippen molar-refractivity contribution < 1.29 is 14.6 Å². The molecule has 1 N–H and O–H groups in total. The number of aryl methyl sites for hydroxylation is 1. The monoisotopic (exact) mass is 365 g/mol. The SMILES string of the molecule is CN1CC(Oc2ccc(-c3cc(C(=O)O)nn3C)cc2Br)C1. The Bertz CT molecular complexity index is 723. The molecule has 3 rings (SSSR count). The summed E-state index contributed by atoms with van der Waals surface area (Å²) in [5, 5.41) is 13.0. The van der Waals surface area contributed by atoms with Gasteiger partial charge in [-0.3, -0.25) is 9.58 Å². The third kappa shape index (κ3) is 2.86. The maximum absolute atomic E-state index is 11.0. The molecule has 1 saturated heterocycles. The molecule has 0 aliphatic carbocycles. The molecule has 1 fully saturated rings. The summed E-state index contributed by atoms with van der Waals surface area (Å²) in [6.45, 7) is 1.86. The second-order valence-corrected chi connectivity index (χ2v) is 6.30. The van der Waals surface area contributed by atoms with E-state index in [1.54, 1.807) is 17.8 Å². The van der Waals surface area contributed by atoms with Crippen LogP contribution in [0.15, 0.2) is 28.7 Å². The first kappa shape index (κ1) is 15.1. The fourth-order valence-corrected chi connectivity index (χ4v) is 2.97. The highest BCUT2D eigenvalue weighted by molar-refractivity contribution is 9.10. The third-order valence-corrected chi connectivity index (χ3v) is 4.27. The molecule has 2 heterocycles. The van der Waals surface area contributed by atoms with Gasteiger partial charge in [-0.25, -0.2) is 4.79 Å². The Kier molecular flexibility index (Phi) is 3.92. The molecule has 0 bridgehead atoms. The molecule has 0 atom stereocenters. The molecule has 1 aromatic heterocycles. The van der Waals surface area contributed by atoms with Crippen LogP contribution in [-0.2, 0) is 7.05 Å². The Labute approximate surface area is 136 Å². The quantitative estimate of drug-likeness (QED) is 0.899. The van der Waals surface area contributed by atoms with Gasteiger partial charge in [0, 0.05) is 25.7 Å². The number of likely N-dealkylation sites (tertiary alicyclic amines) is 1. The molecule has 1 aliphatic heterocycles. The zero-order valence-electron chi connectivity index (χ0n) is 12.3. The molecule has 2 aromatic rings. The number of likely N-dealkylation sites (N-methyl/N-ethyl adjacent to an activating group) is 1. The molecule has 22 heavy (non-hydrogen) atoms. The van der Waals surface area contributed by atoms with E-state index in [9.17, 15) is 4.79 Å². The number of benzene rings is 1. The van der Waals surface area contributed by atoms with Crippen molar-refractivity contribution in [3.63, 3.8) is 0 Å². The first-order chi connectivity index (χ1) is 10.4. The lowest BCUT2D eigenvalue weighted by molar-refractivity contribution is 0.0383. The van der Waals surface area contributed by atoms with E-state index in [1.807, 2.05) is 18.2 Å². The molecular weight excluding hydrogens is 350 g/mol. The van der Waals surface area contributed by atoms with Crippen molar-refractivity contribution in [2.24, 2.45) is 7.05 Å². The summed E-state index contributed by atoms with van der Waals surface area (Å²) in [6, 6.07) is 7.28. The Morgan fingerprint density at radius 2 is 2.09 bits per heavy atom. The molecule has 6 nitrogen and oxygen atoms in total. The minimum atomic E-state index is -1.03. The van der Waals surface area contributed by atoms with Gasteiger partial charge in [0.05, 0.1) is 10.2 Å². The van der Waals surface area contributed by atoms with Crippen LogP contribution in [0.3, 0.4) is 0 Å². The summed E-state index contributed by atoms with van der Waals surface area (Å²) < 4.78 is 8.32. The summed E-state index contributed by atoms with van der Waals surface area (Å²) in [5.74, 6) is -0.238. The molecule has 0 amide bonds. The van der Waals surface area contributed by atoms with Gasteiger partial charge in [-0.1, -0.05) is 0 Å². The smallest absolute Gasteiger partial charge is 0.356 e. The van der Waals surface area contributed by atoms with E-state index in [4.69, 9.17) is 9.84 Å². The minimum Gasteiger partial charge on any atom is -0.487 e. The number of carbonyl (C=O) groups is 1. The average Bonchev–Trinajstić information content (AvgIpc) is 2.81. The second-order valence-electron chi connectivity index (χ2n) is 5.45. The van der Waals surface area contributed by atoms with Crippen LogP contribution < -0.4 is 4.74 Å². The number of aromatic nitrogens is 2. The van der Waals surface area contributed by atoms with Crippen LogP contribution >= 0.6 is 15.9 Å². The Morgan fingerprint density at radius 1 is 1.36 bits per heavy atom. The molecular formula is C15H16BrN3O3. The largest absolute Gasteiger partial charge is 0.487 e. The third-order valence-electron chi connectivity index (χ3n) is 3.65. The number of hydrogen-bond acceptors (Lipinski definition) is 4. The van der Waals surface area contributed by atoms with Gasteiger partial charge < -0.3 is 9.84 Å². The van der Waals surface area contributed by atoms with Crippen LogP contribution in [0.4, 0.5) is 0 Å². The maximum atomic E-state index is 11.0. The fraction of sp³-hybridized carbons (Fsp3) is 0.333. The number of aromatic carboxylic acids is 1. The zero-order valence-corrected chi connectivity index (χ0v) is 13.9. The zero-order chi connectivity index (χ0) is 15.9. The summed E-state index contributed by atoms with van der Waals surface area (Å²) in [6.07, 6.45) is 0.225. The van der Waals surface area contributed by atoms with Gasteiger partial charge in [0.25, 0.3) is 0 Å². The molecule has 0 unspecified atom stereocenters. The van der Waals surface area contributed by atoms with E-state index >= 15 is 0 Å². The van der Waals surface area contributed by atoms with Crippen LogP contribution in [0.2, 0.25) is 0 Å². The lowest BCUT2D eigenvalue weighted by Crippen LogP contribution is -2.51. The summed E-state index contributed by atoms with van der Waals surface area (Å²) in [4.78, 5) is 13.2. The molecule has 1 aromatic carbocycles. The van der Waals surface area contributed by atoms with Crippen LogP contribution in [0.1, 0.15) is 10.5 Å². The normalized spacial score (nSPS) is 15.6. The van der Waals surface area contributed by atoms with Crippen molar-refractivity contribution in [2.45, 2.75) is 6.10 Å². The van der Waals surface area contributed by atoms with Crippen molar-refractivity contribution in [2.75, 3.05) is 20.1 Å². The molecule has 0 spiro atoms. The van der Waals surface area contributed by atoms with E-state index in [2.05, 4.69) is 33.0 Å². The number of halogens is 1. The molecule has 116 valence electrons. The topological polar surface area (TPSA) is 67.6 Å². The highest BCUT2D eigenvalue weighted by atomic mass is 79.9. The maximum Gasteiger partial charge on any atom is 0.356 e. The number of carboxylic acid groups (broad SMARTS) is 1. The number of hydrogen-bond donors (Lipinski definition) is 1. The Balaban J connectivity index is 1.83. The van der Waals surface area contributed by atoms with Crippen LogP contribution in [0, 0.1) is 0 Å². The van der Waals surface area contributed by atoms with Crippen molar-refractivity contribution in [1.82, 2.24) is 14.7 Å². The number of rotatable bonds is 4. The minimum absolute atomic E-state index is 0.0338. The average molecular weight is 366 g/mol. The predicted octanol–water partition coefficient (Wildman–Crippen LogP) is 2.24. The summed E-state index contributed by atoms with van der Waals surface area (Å²) >= 11 is 3.52. The van der Waals surface area contributed by atoms with E-state index in [0.717, 1.165) is 34.6 Å². The standard InChI is InChI=1S/C15H16BrN3O3/c1-18-7-10(8-18)22-14-4-3-9(5-11(14)16)13-6-12(15(20)21)17-19(13)2/h3-6,10H,7-8H2,1-2H3,(H,20,21). The van der Waals surface area contributed by atoms with Gasteiger partial charge in [0.1, 0.15) is 11.9 Å². The molecule has 0 radical (unpaired) electrons. The van der Waals surface area contributed by atoms with Gasteiger partial charge >= 0.3 is 5.97 Å². The number of carboxylic acids is 1. The highest BCUT2D eigenvalue weighted by Crippen LogP contribution is 2.32. The molecule has 0 saturated carbocycles. The van der Waals surface area contributed by atoms with Gasteiger partial charge in [0.15, 0.2) is 5.69 Å². The lowest BCUT2D eigenvalue weighted by atomic mass is 10.1. The van der Waals surface area contributed by atoms with E-state index in [-0.39, 0.29) is 11.8 Å². The van der Waals surface area contributed by atoms with Crippen LogP contribution in [0.5, 0.6) is 5.75 Å². The first-order valence-corrected chi connectivity index (χ1v) is 7.66. The van der Waals surface area contributed by atoms with Crippen molar-refractivity contribution >= 4 is 21.9 Å². The lowest BCUT2D eigenvalue weighted by Gasteiger charge is -2.36. The first-order valence-electron chi connectivity index (χ1n) is 6.86. The Morgan fingerprint density at radius 3 is 2.64 bits per heavy atom. The predicted molar refractivity (Wildman–Crippen MR) is 85.2 cm³/mol. The van der Waals surface area contributed by atoms with Gasteiger partial charge in [-0.15, -0.1) is 0 Å². The Hall–Kier alpha value is -1.86. The van der Waals surface area contributed by atoms with E-state index in [1.165, 1.54) is 0 Å². The molecule has 1 aliphatic rings. The van der Waals surface area contributed by atoms with Crippen molar-refractivity contribution in [3.8, 4) is 17.0 Å². The van der Waals surface area contributed by atoms with E-state index in [0.29, 0.717) is 0 Å². The fourth-order valence-electron chi connectivity index (χ4n) is 2.49. The highest BCUT2D eigenvalue weighted by Gasteiger charge is 2.25. The summed E-state index contributed by atoms with van der Waals surface area (Å²) in [5.41, 5.74) is 1.66.